The second-order valence-electron chi connectivity index (χ2n) is 18.9. The fraction of sp³-hybridized carbons (Fsp3) is 0.889. The standard InChI is InChI=1S/C54H101NO10/c1-3-5-7-9-11-13-15-16-17-18-21-24-28-32-36-40-47(57)46(45-64-54-53(62)52(61)51(60)48(44-56)65-54)55-49(58)41-37-33-29-25-22-19-23-27-31-35-39-43-63-50(59)42-38-34-30-26-20-14-12-10-8-6-4-2/h21,24,36,40,46-48,51-54,56-57,60-62H,3-20,22-23,25-35,37-39,41-45H2,1-2H3,(H,55,58)/b24-21+,40-36+. The lowest BCUT2D eigenvalue weighted by Gasteiger charge is -2.40. The van der Waals surface area contributed by atoms with Crippen molar-refractivity contribution in [2.45, 2.75) is 288 Å². The molecule has 1 fully saturated rings. The van der Waals surface area contributed by atoms with Crippen LogP contribution in [0.15, 0.2) is 24.3 Å². The molecule has 1 aliphatic heterocycles. The summed E-state index contributed by atoms with van der Waals surface area (Å²) in [6.07, 6.45) is 41.0. The van der Waals surface area contributed by atoms with E-state index in [1.54, 1.807) is 6.08 Å². The van der Waals surface area contributed by atoms with Gasteiger partial charge in [0.1, 0.15) is 24.4 Å². The number of unbranched alkanes of at least 4 members (excludes halogenated alkanes) is 30. The summed E-state index contributed by atoms with van der Waals surface area (Å²) in [5.74, 6) is -0.251. The van der Waals surface area contributed by atoms with Gasteiger partial charge in [0.15, 0.2) is 6.29 Å². The van der Waals surface area contributed by atoms with E-state index in [1.807, 2.05) is 6.08 Å². The van der Waals surface area contributed by atoms with Crippen molar-refractivity contribution >= 4 is 11.9 Å². The maximum Gasteiger partial charge on any atom is 0.305 e. The van der Waals surface area contributed by atoms with Crippen molar-refractivity contribution in [2.24, 2.45) is 0 Å². The van der Waals surface area contributed by atoms with Crippen molar-refractivity contribution < 1.29 is 49.3 Å². The largest absolute Gasteiger partial charge is 0.466 e. The third kappa shape index (κ3) is 35.0. The Balaban J connectivity index is 2.23. The number of carbonyl (C=O) groups is 2. The number of allylic oxidation sites excluding steroid dienone is 3. The summed E-state index contributed by atoms with van der Waals surface area (Å²) in [6.45, 7) is 4.25. The lowest BCUT2D eigenvalue weighted by Crippen LogP contribution is -2.60. The third-order valence-corrected chi connectivity index (χ3v) is 12.8. The third-order valence-electron chi connectivity index (χ3n) is 12.8. The Bertz CT molecular complexity index is 1130. The van der Waals surface area contributed by atoms with Gasteiger partial charge in [-0.25, -0.2) is 0 Å². The monoisotopic (exact) mass is 924 g/mol. The predicted octanol–water partition coefficient (Wildman–Crippen LogP) is 11.4. The molecule has 0 aromatic carbocycles. The van der Waals surface area contributed by atoms with E-state index in [2.05, 4.69) is 31.3 Å². The quantitative estimate of drug-likeness (QED) is 0.0196. The van der Waals surface area contributed by atoms with E-state index in [0.717, 1.165) is 70.6 Å². The molecule has 11 heteroatoms. The molecule has 1 heterocycles. The second-order valence-corrected chi connectivity index (χ2v) is 18.9. The number of carbonyl (C=O) groups excluding carboxylic acids is 2. The summed E-state index contributed by atoms with van der Waals surface area (Å²) in [5.41, 5.74) is 0. The molecule has 7 unspecified atom stereocenters. The smallest absolute Gasteiger partial charge is 0.305 e. The van der Waals surface area contributed by atoms with Crippen molar-refractivity contribution in [1.29, 1.82) is 0 Å². The predicted molar refractivity (Wildman–Crippen MR) is 264 cm³/mol. The number of amides is 1. The zero-order valence-electron chi connectivity index (χ0n) is 41.7. The number of esters is 1. The summed E-state index contributed by atoms with van der Waals surface area (Å²) < 4.78 is 16.7. The van der Waals surface area contributed by atoms with Crippen LogP contribution in [0.1, 0.15) is 245 Å². The molecule has 1 aliphatic rings. The van der Waals surface area contributed by atoms with Crippen LogP contribution in [-0.4, -0.2) is 100 Å². The fourth-order valence-electron chi connectivity index (χ4n) is 8.45. The molecule has 1 saturated heterocycles. The molecule has 0 saturated carbocycles. The van der Waals surface area contributed by atoms with Crippen LogP contribution in [0.5, 0.6) is 0 Å². The lowest BCUT2D eigenvalue weighted by molar-refractivity contribution is -0.302. The number of aliphatic hydroxyl groups is 5. The summed E-state index contributed by atoms with van der Waals surface area (Å²) in [6, 6.07) is -0.840. The molecular weight excluding hydrogens is 823 g/mol. The van der Waals surface area contributed by atoms with Crippen molar-refractivity contribution in [3.05, 3.63) is 24.3 Å². The van der Waals surface area contributed by atoms with Gasteiger partial charge in [0.2, 0.25) is 5.91 Å². The van der Waals surface area contributed by atoms with Crippen molar-refractivity contribution in [1.82, 2.24) is 5.32 Å². The van der Waals surface area contributed by atoms with E-state index in [9.17, 15) is 35.1 Å². The van der Waals surface area contributed by atoms with Crippen molar-refractivity contribution in [3.8, 4) is 0 Å². The van der Waals surface area contributed by atoms with Crippen LogP contribution in [-0.2, 0) is 23.8 Å². The Labute approximate surface area is 397 Å². The van der Waals surface area contributed by atoms with Gasteiger partial charge in [-0.3, -0.25) is 9.59 Å². The van der Waals surface area contributed by atoms with Gasteiger partial charge in [0.05, 0.1) is 32.0 Å². The molecule has 6 N–H and O–H groups in total. The number of aliphatic hydroxyl groups excluding tert-OH is 5. The first kappa shape index (κ1) is 61.2. The van der Waals surface area contributed by atoms with Gasteiger partial charge in [0, 0.05) is 12.8 Å². The highest BCUT2D eigenvalue weighted by Gasteiger charge is 2.44. The highest BCUT2D eigenvalue weighted by atomic mass is 16.7. The molecule has 7 atom stereocenters. The van der Waals surface area contributed by atoms with Gasteiger partial charge < -0.3 is 45.1 Å². The summed E-state index contributed by atoms with van der Waals surface area (Å²) in [4.78, 5) is 25.1. The van der Waals surface area contributed by atoms with Gasteiger partial charge in [-0.05, 0) is 44.9 Å². The first-order chi connectivity index (χ1) is 31.7. The molecular formula is C54H101NO10. The Kier molecular flexibility index (Phi) is 42.0. The first-order valence-electron chi connectivity index (χ1n) is 27.1. The molecule has 1 amide bonds. The highest BCUT2D eigenvalue weighted by Crippen LogP contribution is 2.23. The Hall–Kier alpha value is -1.86. The summed E-state index contributed by atoms with van der Waals surface area (Å²) >= 11 is 0. The van der Waals surface area contributed by atoms with E-state index < -0.39 is 49.5 Å². The molecule has 11 nitrogen and oxygen atoms in total. The zero-order valence-corrected chi connectivity index (χ0v) is 41.7. The Morgan fingerprint density at radius 2 is 1.00 bits per heavy atom. The minimum Gasteiger partial charge on any atom is -0.466 e. The van der Waals surface area contributed by atoms with E-state index in [-0.39, 0.29) is 18.5 Å². The highest BCUT2D eigenvalue weighted by molar-refractivity contribution is 5.76. The maximum atomic E-state index is 13.0. The molecule has 0 spiro atoms. The molecule has 0 bridgehead atoms. The number of hydrogen-bond donors (Lipinski definition) is 6. The number of nitrogens with one attached hydrogen (secondary N) is 1. The van der Waals surface area contributed by atoms with Crippen LogP contribution < -0.4 is 5.32 Å². The van der Waals surface area contributed by atoms with Crippen LogP contribution in [0, 0.1) is 0 Å². The zero-order chi connectivity index (χ0) is 47.4. The van der Waals surface area contributed by atoms with Gasteiger partial charge in [-0.2, -0.15) is 0 Å². The first-order valence-corrected chi connectivity index (χ1v) is 27.1. The average molecular weight is 924 g/mol. The average Bonchev–Trinajstić information content (AvgIpc) is 3.30. The van der Waals surface area contributed by atoms with Gasteiger partial charge >= 0.3 is 5.97 Å². The van der Waals surface area contributed by atoms with E-state index >= 15 is 0 Å². The van der Waals surface area contributed by atoms with E-state index in [0.29, 0.717) is 19.4 Å². The molecule has 0 aliphatic carbocycles. The molecule has 65 heavy (non-hydrogen) atoms. The minimum absolute atomic E-state index is 0.0411. The summed E-state index contributed by atoms with van der Waals surface area (Å²) in [7, 11) is 0. The van der Waals surface area contributed by atoms with Crippen LogP contribution in [0.2, 0.25) is 0 Å². The van der Waals surface area contributed by atoms with Crippen LogP contribution in [0.3, 0.4) is 0 Å². The maximum absolute atomic E-state index is 13.0. The van der Waals surface area contributed by atoms with Crippen molar-refractivity contribution in [3.63, 3.8) is 0 Å². The van der Waals surface area contributed by atoms with Gasteiger partial charge in [-0.1, -0.05) is 212 Å². The van der Waals surface area contributed by atoms with E-state index in [4.69, 9.17) is 14.2 Å². The minimum atomic E-state index is -1.58. The molecule has 1 rings (SSSR count). The van der Waals surface area contributed by atoms with Gasteiger partial charge in [0.25, 0.3) is 0 Å². The topological polar surface area (TPSA) is 175 Å². The number of hydrogen-bond acceptors (Lipinski definition) is 10. The van der Waals surface area contributed by atoms with Crippen molar-refractivity contribution in [2.75, 3.05) is 19.8 Å². The second kappa shape index (κ2) is 44.6. The van der Waals surface area contributed by atoms with Crippen LogP contribution in [0.4, 0.5) is 0 Å². The lowest BCUT2D eigenvalue weighted by atomic mass is 9.99. The van der Waals surface area contributed by atoms with Crippen LogP contribution in [0.25, 0.3) is 0 Å². The normalized spacial score (nSPS) is 19.9. The summed E-state index contributed by atoms with van der Waals surface area (Å²) in [5, 5.41) is 54.3. The molecule has 0 radical (unpaired) electrons. The Morgan fingerprint density at radius 1 is 0.554 bits per heavy atom. The molecule has 0 aromatic heterocycles. The Morgan fingerprint density at radius 3 is 1.52 bits per heavy atom. The molecule has 0 aromatic rings. The van der Waals surface area contributed by atoms with E-state index in [1.165, 1.54) is 148 Å². The SMILES string of the molecule is CCCCCCCCCCC/C=C/CC/C=C/C(O)C(COC1OC(CO)C(O)C(O)C1O)NC(=O)CCCCCCCCCCCCCOC(=O)CCCCCCCCCCCCC. The number of ether oxygens (including phenoxy) is 3. The fourth-order valence-corrected chi connectivity index (χ4v) is 8.45. The van der Waals surface area contributed by atoms with Crippen LogP contribution >= 0.6 is 0 Å². The van der Waals surface area contributed by atoms with Gasteiger partial charge in [-0.15, -0.1) is 0 Å². The number of rotatable bonds is 46. The molecule has 382 valence electrons.